The van der Waals surface area contributed by atoms with Crippen molar-refractivity contribution < 1.29 is 4.79 Å². The summed E-state index contributed by atoms with van der Waals surface area (Å²) < 4.78 is 0. The molecule has 0 radical (unpaired) electrons. The zero-order valence-electron chi connectivity index (χ0n) is 15.0. The van der Waals surface area contributed by atoms with Crippen molar-refractivity contribution in [3.05, 3.63) is 46.2 Å². The molecule has 0 spiro atoms. The Hall–Kier alpha value is -1.79. The van der Waals surface area contributed by atoms with Gasteiger partial charge in [-0.05, 0) is 50.4 Å². The van der Waals surface area contributed by atoms with Gasteiger partial charge >= 0.3 is 0 Å². The predicted molar refractivity (Wildman–Crippen MR) is 100 cm³/mol. The van der Waals surface area contributed by atoms with Crippen molar-refractivity contribution in [1.82, 2.24) is 19.8 Å². The molecule has 25 heavy (non-hydrogen) atoms. The fourth-order valence-electron chi connectivity index (χ4n) is 3.40. The van der Waals surface area contributed by atoms with Crippen LogP contribution in [0.3, 0.4) is 0 Å². The fraction of sp³-hybridized carbons (Fsp3) is 0.526. The molecule has 5 nitrogen and oxygen atoms in total. The van der Waals surface area contributed by atoms with Gasteiger partial charge in [0.1, 0.15) is 0 Å². The molecular weight excluding hydrogens is 332 g/mol. The molecule has 1 amide bonds. The number of amides is 1. The van der Waals surface area contributed by atoms with E-state index in [4.69, 9.17) is 0 Å². The highest BCUT2D eigenvalue weighted by atomic mass is 32.1. The lowest BCUT2D eigenvalue weighted by Crippen LogP contribution is -2.31. The van der Waals surface area contributed by atoms with E-state index in [-0.39, 0.29) is 5.91 Å². The molecule has 1 atom stereocenters. The van der Waals surface area contributed by atoms with E-state index >= 15 is 0 Å². The lowest BCUT2D eigenvalue weighted by atomic mass is 10.1. The summed E-state index contributed by atoms with van der Waals surface area (Å²) in [7, 11) is 2.16. The Labute approximate surface area is 153 Å². The Morgan fingerprint density at radius 2 is 2.20 bits per heavy atom. The van der Waals surface area contributed by atoms with Gasteiger partial charge in [0.2, 0.25) is 5.91 Å². The van der Waals surface area contributed by atoms with Crippen molar-refractivity contribution in [2.24, 2.45) is 5.92 Å². The zero-order valence-corrected chi connectivity index (χ0v) is 15.8. The topological polar surface area (TPSA) is 49.3 Å². The van der Waals surface area contributed by atoms with Crippen molar-refractivity contribution in [2.75, 3.05) is 26.7 Å². The Morgan fingerprint density at radius 1 is 1.40 bits per heavy atom. The van der Waals surface area contributed by atoms with E-state index in [2.05, 4.69) is 28.8 Å². The third-order valence-corrected chi connectivity index (χ3v) is 5.76. The molecule has 0 bridgehead atoms. The molecule has 134 valence electrons. The number of pyridine rings is 1. The van der Waals surface area contributed by atoms with Gasteiger partial charge in [-0.3, -0.25) is 9.78 Å². The summed E-state index contributed by atoms with van der Waals surface area (Å²) >= 11 is 1.72. The smallest absolute Gasteiger partial charge is 0.222 e. The highest BCUT2D eigenvalue weighted by Gasteiger charge is 2.26. The Balaban J connectivity index is 1.41. The van der Waals surface area contributed by atoms with Gasteiger partial charge in [0, 0.05) is 49.9 Å². The van der Waals surface area contributed by atoms with Gasteiger partial charge in [0.15, 0.2) is 0 Å². The first-order chi connectivity index (χ1) is 12.1. The van der Waals surface area contributed by atoms with Gasteiger partial charge in [-0.15, -0.1) is 11.3 Å². The largest absolute Gasteiger partial charge is 0.342 e. The molecular formula is C19H26N4OS. The highest BCUT2D eigenvalue weighted by molar-refractivity contribution is 7.09. The molecule has 0 aliphatic carbocycles. The first kappa shape index (κ1) is 18.0. The molecule has 2 aromatic heterocycles. The van der Waals surface area contributed by atoms with Crippen LogP contribution in [0.2, 0.25) is 0 Å². The van der Waals surface area contributed by atoms with Crippen molar-refractivity contribution in [2.45, 2.75) is 32.7 Å². The highest BCUT2D eigenvalue weighted by Crippen LogP contribution is 2.20. The number of nitrogens with zero attached hydrogens (tertiary/aromatic N) is 4. The fourth-order valence-corrected chi connectivity index (χ4v) is 4.25. The molecule has 1 unspecified atom stereocenters. The lowest BCUT2D eigenvalue weighted by Gasteiger charge is -2.21. The molecule has 0 N–H and O–H groups in total. The molecule has 3 rings (SSSR count). The molecule has 0 aromatic carbocycles. The van der Waals surface area contributed by atoms with E-state index in [1.165, 1.54) is 10.4 Å². The molecule has 1 aliphatic heterocycles. The van der Waals surface area contributed by atoms with Crippen molar-refractivity contribution in [3.63, 3.8) is 0 Å². The third kappa shape index (κ3) is 5.09. The minimum Gasteiger partial charge on any atom is -0.342 e. The lowest BCUT2D eigenvalue weighted by molar-refractivity contribution is -0.130. The van der Waals surface area contributed by atoms with Gasteiger partial charge in [-0.25, -0.2) is 4.98 Å². The molecule has 0 saturated carbocycles. The summed E-state index contributed by atoms with van der Waals surface area (Å²) in [5, 5.41) is 0. The number of carbonyl (C=O) groups excluding carboxylic acids is 1. The Morgan fingerprint density at radius 3 is 2.92 bits per heavy atom. The monoisotopic (exact) mass is 358 g/mol. The van der Waals surface area contributed by atoms with Crippen LogP contribution in [0, 0.1) is 12.8 Å². The average Bonchev–Trinajstić information content (AvgIpc) is 3.23. The maximum atomic E-state index is 12.4. The minimum absolute atomic E-state index is 0.278. The number of hydrogen-bond donors (Lipinski definition) is 0. The van der Waals surface area contributed by atoms with Gasteiger partial charge < -0.3 is 9.80 Å². The first-order valence-electron chi connectivity index (χ1n) is 8.86. The number of rotatable bonds is 7. The van der Waals surface area contributed by atoms with Crippen LogP contribution in [-0.4, -0.2) is 52.4 Å². The molecule has 6 heteroatoms. The molecule has 1 fully saturated rings. The van der Waals surface area contributed by atoms with E-state index in [9.17, 15) is 4.79 Å². The van der Waals surface area contributed by atoms with Crippen LogP contribution in [0.15, 0.2) is 30.0 Å². The van der Waals surface area contributed by atoms with Crippen molar-refractivity contribution in [1.29, 1.82) is 0 Å². The van der Waals surface area contributed by atoms with Gasteiger partial charge in [0.25, 0.3) is 0 Å². The maximum Gasteiger partial charge on any atom is 0.222 e. The van der Waals surface area contributed by atoms with Crippen molar-refractivity contribution >= 4 is 17.2 Å². The Kier molecular flexibility index (Phi) is 6.15. The molecule has 1 aliphatic rings. The number of carbonyl (C=O) groups is 1. The second-order valence-electron chi connectivity index (χ2n) is 6.91. The number of aryl methyl sites for hydroxylation is 2. The summed E-state index contributed by atoms with van der Waals surface area (Å²) in [6.07, 6.45) is 6.06. The van der Waals surface area contributed by atoms with E-state index < -0.39 is 0 Å². The van der Waals surface area contributed by atoms with Gasteiger partial charge in [-0.1, -0.05) is 0 Å². The second-order valence-corrected chi connectivity index (χ2v) is 7.85. The molecule has 2 aromatic rings. The van der Waals surface area contributed by atoms with E-state index in [0.717, 1.165) is 44.7 Å². The number of aromatic nitrogens is 2. The van der Waals surface area contributed by atoms with Crippen LogP contribution >= 0.6 is 11.3 Å². The van der Waals surface area contributed by atoms with Crippen LogP contribution in [0.1, 0.15) is 29.0 Å². The molecule has 1 saturated heterocycles. The Bertz CT molecular complexity index is 688. The third-order valence-electron chi connectivity index (χ3n) is 4.84. The maximum absolute atomic E-state index is 12.4. The quantitative estimate of drug-likeness (QED) is 0.764. The van der Waals surface area contributed by atoms with E-state index in [1.54, 1.807) is 23.7 Å². The standard InChI is InChI=1S/C19H26N4OS/c1-15-18(25-14-21-15)13-22(2)11-17-7-10-23(12-17)19(24)4-3-16-5-8-20-9-6-16/h5-6,8-9,14,17H,3-4,7,10-13H2,1-2H3. The summed E-state index contributed by atoms with van der Waals surface area (Å²) in [4.78, 5) is 26.5. The summed E-state index contributed by atoms with van der Waals surface area (Å²) in [6.45, 7) is 5.83. The predicted octanol–water partition coefficient (Wildman–Crippen LogP) is 2.76. The zero-order chi connectivity index (χ0) is 17.6. The summed E-state index contributed by atoms with van der Waals surface area (Å²) in [5.41, 5.74) is 4.23. The normalized spacial score (nSPS) is 17.4. The second kappa shape index (κ2) is 8.54. The van der Waals surface area contributed by atoms with E-state index in [1.807, 2.05) is 22.5 Å². The van der Waals surface area contributed by atoms with Crippen LogP contribution < -0.4 is 0 Å². The summed E-state index contributed by atoms with van der Waals surface area (Å²) in [6, 6.07) is 3.97. The SMILES string of the molecule is Cc1ncsc1CN(C)CC1CCN(C(=O)CCc2ccncc2)C1. The van der Waals surface area contributed by atoms with Crippen LogP contribution in [0.25, 0.3) is 0 Å². The van der Waals surface area contributed by atoms with Gasteiger partial charge in [-0.2, -0.15) is 0 Å². The van der Waals surface area contributed by atoms with Crippen LogP contribution in [0.4, 0.5) is 0 Å². The first-order valence-corrected chi connectivity index (χ1v) is 9.74. The average molecular weight is 359 g/mol. The van der Waals surface area contributed by atoms with Crippen LogP contribution in [-0.2, 0) is 17.8 Å². The number of hydrogen-bond acceptors (Lipinski definition) is 5. The van der Waals surface area contributed by atoms with E-state index in [0.29, 0.717) is 12.3 Å². The van der Waals surface area contributed by atoms with Crippen molar-refractivity contribution in [3.8, 4) is 0 Å². The van der Waals surface area contributed by atoms with Gasteiger partial charge in [0.05, 0.1) is 11.2 Å². The number of thiazole rings is 1. The number of likely N-dealkylation sites (tertiary alicyclic amines) is 1. The van der Waals surface area contributed by atoms with Crippen LogP contribution in [0.5, 0.6) is 0 Å². The molecule has 3 heterocycles. The summed E-state index contributed by atoms with van der Waals surface area (Å²) in [5.74, 6) is 0.850. The minimum atomic E-state index is 0.278.